The molecule has 2 saturated heterocycles. The van der Waals surface area contributed by atoms with Crippen LogP contribution in [-0.2, 0) is 0 Å². The predicted octanol–water partition coefficient (Wildman–Crippen LogP) is 1.38. The molecule has 26 heavy (non-hydrogen) atoms. The Morgan fingerprint density at radius 1 is 0.846 bits per heavy atom. The molecule has 2 atom stereocenters. The van der Waals surface area contributed by atoms with Crippen molar-refractivity contribution in [1.29, 1.82) is 0 Å². The van der Waals surface area contributed by atoms with E-state index >= 15 is 0 Å². The Hall–Kier alpha value is -1.92. The minimum Gasteiger partial charge on any atom is -0.396 e. The SMILES string of the molecule is O=C(c1ccccc1C(=O)N1CCCC(CO)C1)N1CCCC(CO)C1. The summed E-state index contributed by atoms with van der Waals surface area (Å²) in [6.07, 6.45) is 3.60. The zero-order valence-electron chi connectivity index (χ0n) is 15.1. The molecule has 2 aliphatic rings. The van der Waals surface area contributed by atoms with Crippen LogP contribution in [0.1, 0.15) is 46.4 Å². The molecule has 2 unspecified atom stereocenters. The van der Waals surface area contributed by atoms with Crippen LogP contribution in [0.3, 0.4) is 0 Å². The number of aliphatic hydroxyl groups is 2. The summed E-state index contributed by atoms with van der Waals surface area (Å²) in [5, 5.41) is 18.8. The van der Waals surface area contributed by atoms with Crippen molar-refractivity contribution in [2.24, 2.45) is 11.8 Å². The van der Waals surface area contributed by atoms with E-state index in [-0.39, 0.29) is 36.9 Å². The van der Waals surface area contributed by atoms with Gasteiger partial charge in [0, 0.05) is 39.4 Å². The van der Waals surface area contributed by atoms with E-state index in [0.29, 0.717) is 37.3 Å². The Labute approximate surface area is 154 Å². The molecule has 2 heterocycles. The van der Waals surface area contributed by atoms with Crippen LogP contribution in [0.5, 0.6) is 0 Å². The number of carbonyl (C=O) groups excluding carboxylic acids is 2. The van der Waals surface area contributed by atoms with Gasteiger partial charge in [-0.15, -0.1) is 0 Å². The van der Waals surface area contributed by atoms with E-state index in [2.05, 4.69) is 0 Å². The Balaban J connectivity index is 1.79. The number of aliphatic hydroxyl groups excluding tert-OH is 2. The van der Waals surface area contributed by atoms with Gasteiger partial charge >= 0.3 is 0 Å². The Morgan fingerprint density at radius 3 is 1.65 bits per heavy atom. The number of likely N-dealkylation sites (tertiary alicyclic amines) is 2. The van der Waals surface area contributed by atoms with Crippen molar-refractivity contribution in [3.05, 3.63) is 35.4 Å². The highest BCUT2D eigenvalue weighted by atomic mass is 16.3. The fourth-order valence-corrected chi connectivity index (χ4v) is 3.99. The van der Waals surface area contributed by atoms with Gasteiger partial charge in [0.05, 0.1) is 11.1 Å². The third-order valence-electron chi connectivity index (χ3n) is 5.52. The van der Waals surface area contributed by atoms with Crippen molar-refractivity contribution in [3.63, 3.8) is 0 Å². The van der Waals surface area contributed by atoms with Gasteiger partial charge in [0.15, 0.2) is 0 Å². The molecule has 3 rings (SSSR count). The quantitative estimate of drug-likeness (QED) is 0.850. The predicted molar refractivity (Wildman–Crippen MR) is 97.9 cm³/mol. The lowest BCUT2D eigenvalue weighted by Crippen LogP contribution is -2.43. The van der Waals surface area contributed by atoms with Gasteiger partial charge < -0.3 is 20.0 Å². The molecular weight excluding hydrogens is 332 g/mol. The van der Waals surface area contributed by atoms with E-state index in [0.717, 1.165) is 25.7 Å². The molecule has 0 aliphatic carbocycles. The molecule has 0 radical (unpaired) electrons. The molecule has 6 nitrogen and oxygen atoms in total. The topological polar surface area (TPSA) is 81.1 Å². The number of nitrogens with zero attached hydrogens (tertiary/aromatic N) is 2. The summed E-state index contributed by atoms with van der Waals surface area (Å²) < 4.78 is 0. The highest BCUT2D eigenvalue weighted by molar-refractivity contribution is 6.07. The third-order valence-corrected chi connectivity index (χ3v) is 5.52. The lowest BCUT2D eigenvalue weighted by Gasteiger charge is -2.34. The fourth-order valence-electron chi connectivity index (χ4n) is 3.99. The number of piperidine rings is 2. The minimum absolute atomic E-state index is 0.0840. The number of carbonyl (C=O) groups is 2. The van der Waals surface area contributed by atoms with Crippen LogP contribution in [0.4, 0.5) is 0 Å². The highest BCUT2D eigenvalue weighted by Crippen LogP contribution is 2.23. The molecule has 0 spiro atoms. The van der Waals surface area contributed by atoms with Crippen molar-refractivity contribution in [2.45, 2.75) is 25.7 Å². The lowest BCUT2D eigenvalue weighted by atomic mass is 9.96. The molecule has 2 fully saturated rings. The van der Waals surface area contributed by atoms with Crippen molar-refractivity contribution in [1.82, 2.24) is 9.80 Å². The molecule has 0 aromatic heterocycles. The molecule has 142 valence electrons. The molecule has 6 heteroatoms. The summed E-state index contributed by atoms with van der Waals surface area (Å²) >= 11 is 0. The van der Waals surface area contributed by atoms with Gasteiger partial charge in [-0.3, -0.25) is 9.59 Å². The smallest absolute Gasteiger partial charge is 0.254 e. The van der Waals surface area contributed by atoms with E-state index in [1.807, 2.05) is 0 Å². The van der Waals surface area contributed by atoms with Gasteiger partial charge in [-0.25, -0.2) is 0 Å². The van der Waals surface area contributed by atoms with Gasteiger partial charge in [-0.05, 0) is 49.7 Å². The number of rotatable bonds is 4. The molecule has 0 saturated carbocycles. The van der Waals surface area contributed by atoms with Gasteiger partial charge in [-0.2, -0.15) is 0 Å². The van der Waals surface area contributed by atoms with Crippen LogP contribution in [-0.4, -0.2) is 71.2 Å². The number of amides is 2. The van der Waals surface area contributed by atoms with Crippen LogP contribution in [0, 0.1) is 11.8 Å². The molecule has 2 N–H and O–H groups in total. The summed E-state index contributed by atoms with van der Waals surface area (Å²) in [5.74, 6) is -0.0448. The average molecular weight is 360 g/mol. The summed E-state index contributed by atoms with van der Waals surface area (Å²) in [5.41, 5.74) is 0.865. The van der Waals surface area contributed by atoms with E-state index < -0.39 is 0 Å². The zero-order chi connectivity index (χ0) is 18.5. The van der Waals surface area contributed by atoms with Crippen molar-refractivity contribution >= 4 is 11.8 Å². The van der Waals surface area contributed by atoms with E-state index in [9.17, 15) is 19.8 Å². The molecule has 1 aromatic rings. The molecular formula is C20H28N2O4. The molecule has 2 amide bonds. The monoisotopic (exact) mass is 360 g/mol. The minimum atomic E-state index is -0.136. The largest absolute Gasteiger partial charge is 0.396 e. The highest BCUT2D eigenvalue weighted by Gasteiger charge is 2.29. The first-order chi connectivity index (χ1) is 12.6. The summed E-state index contributed by atoms with van der Waals surface area (Å²) in [4.78, 5) is 29.6. The number of benzene rings is 1. The standard InChI is InChI=1S/C20H28N2O4/c23-13-15-5-3-9-21(11-15)19(25)17-7-1-2-8-18(17)20(26)22-10-4-6-16(12-22)14-24/h1-2,7-8,15-16,23-24H,3-6,9-14H2. The number of hydrogen-bond donors (Lipinski definition) is 2. The maximum atomic E-state index is 13.0. The van der Waals surface area contributed by atoms with Gasteiger partial charge in [-0.1, -0.05) is 12.1 Å². The maximum Gasteiger partial charge on any atom is 0.254 e. The Morgan fingerprint density at radius 2 is 1.27 bits per heavy atom. The normalized spacial score (nSPS) is 23.8. The van der Waals surface area contributed by atoms with Crippen LogP contribution in [0.2, 0.25) is 0 Å². The first kappa shape index (κ1) is 18.9. The summed E-state index contributed by atoms with van der Waals surface area (Å²) in [7, 11) is 0. The zero-order valence-corrected chi connectivity index (χ0v) is 15.1. The van der Waals surface area contributed by atoms with Crippen molar-refractivity contribution in [2.75, 3.05) is 39.4 Å². The second kappa shape index (κ2) is 8.64. The molecule has 2 aliphatic heterocycles. The van der Waals surface area contributed by atoms with Crippen LogP contribution in [0.25, 0.3) is 0 Å². The molecule has 1 aromatic carbocycles. The second-order valence-electron chi connectivity index (χ2n) is 7.43. The average Bonchev–Trinajstić information content (AvgIpc) is 2.72. The summed E-state index contributed by atoms with van der Waals surface area (Å²) in [6, 6.07) is 6.99. The van der Waals surface area contributed by atoms with Crippen LogP contribution >= 0.6 is 0 Å². The van der Waals surface area contributed by atoms with E-state index in [1.54, 1.807) is 34.1 Å². The van der Waals surface area contributed by atoms with E-state index in [1.165, 1.54) is 0 Å². The first-order valence-electron chi connectivity index (χ1n) is 9.53. The molecule has 0 bridgehead atoms. The maximum absolute atomic E-state index is 13.0. The second-order valence-corrected chi connectivity index (χ2v) is 7.43. The van der Waals surface area contributed by atoms with Crippen LogP contribution < -0.4 is 0 Å². The van der Waals surface area contributed by atoms with Crippen molar-refractivity contribution in [3.8, 4) is 0 Å². The van der Waals surface area contributed by atoms with Gasteiger partial charge in [0.2, 0.25) is 0 Å². The van der Waals surface area contributed by atoms with E-state index in [4.69, 9.17) is 0 Å². The Bertz CT molecular complexity index is 593. The Kier molecular flexibility index (Phi) is 6.27. The fraction of sp³-hybridized carbons (Fsp3) is 0.600. The lowest BCUT2D eigenvalue weighted by molar-refractivity contribution is 0.0582. The summed E-state index contributed by atoms with van der Waals surface area (Å²) in [6.45, 7) is 2.56. The van der Waals surface area contributed by atoms with Crippen molar-refractivity contribution < 1.29 is 19.8 Å². The van der Waals surface area contributed by atoms with Crippen LogP contribution in [0.15, 0.2) is 24.3 Å². The van der Waals surface area contributed by atoms with Gasteiger partial charge in [0.1, 0.15) is 0 Å². The van der Waals surface area contributed by atoms with Gasteiger partial charge in [0.25, 0.3) is 11.8 Å². The first-order valence-corrected chi connectivity index (χ1v) is 9.53. The third kappa shape index (κ3) is 4.07. The number of hydrogen-bond acceptors (Lipinski definition) is 4.